The van der Waals surface area contributed by atoms with Gasteiger partial charge < -0.3 is 19.0 Å². The van der Waals surface area contributed by atoms with Crippen LogP contribution in [0.25, 0.3) is 11.0 Å². The molecule has 0 saturated carbocycles. The minimum atomic E-state index is -0.479. The molecule has 0 amide bonds. The summed E-state index contributed by atoms with van der Waals surface area (Å²) in [5, 5.41) is 10.5. The number of aliphatic hydroxyl groups excluding tert-OH is 1. The van der Waals surface area contributed by atoms with Gasteiger partial charge in [-0.25, -0.2) is 4.79 Å². The average Bonchev–Trinajstić information content (AvgIpc) is 2.59. The molecule has 5 heteroatoms. The smallest absolute Gasteiger partial charge is 0.336 e. The van der Waals surface area contributed by atoms with E-state index in [2.05, 4.69) is 6.58 Å². The first-order valence-electron chi connectivity index (χ1n) is 8.15. The number of hydrogen-bond donors (Lipinski definition) is 1. The van der Waals surface area contributed by atoms with Crippen LogP contribution in [0.2, 0.25) is 0 Å². The lowest BCUT2D eigenvalue weighted by Gasteiger charge is -2.12. The third kappa shape index (κ3) is 4.97. The predicted octanol–water partition coefficient (Wildman–Crippen LogP) is 3.84. The van der Waals surface area contributed by atoms with E-state index in [4.69, 9.17) is 13.9 Å². The maximum Gasteiger partial charge on any atom is 0.336 e. The van der Waals surface area contributed by atoms with Crippen molar-refractivity contribution in [3.63, 3.8) is 0 Å². The van der Waals surface area contributed by atoms with Gasteiger partial charge in [0.2, 0.25) is 5.75 Å². The SMILES string of the molecule is C=C(C)[C@@H](O)CC/C(C)=C/COc1ccc2ccc(=O)oc2c1OC. The summed E-state index contributed by atoms with van der Waals surface area (Å²) in [5.41, 5.74) is 1.82. The summed E-state index contributed by atoms with van der Waals surface area (Å²) in [6, 6.07) is 6.66. The van der Waals surface area contributed by atoms with Crippen LogP contribution in [-0.4, -0.2) is 24.9 Å². The van der Waals surface area contributed by atoms with Crippen molar-refractivity contribution in [1.29, 1.82) is 0 Å². The van der Waals surface area contributed by atoms with Crippen molar-refractivity contribution in [2.24, 2.45) is 0 Å². The van der Waals surface area contributed by atoms with Gasteiger partial charge in [0, 0.05) is 11.5 Å². The van der Waals surface area contributed by atoms with Gasteiger partial charge in [-0.1, -0.05) is 17.7 Å². The van der Waals surface area contributed by atoms with Gasteiger partial charge in [-0.05, 0) is 51.0 Å². The molecule has 1 atom stereocenters. The predicted molar refractivity (Wildman–Crippen MR) is 98.3 cm³/mol. The maximum atomic E-state index is 11.4. The van der Waals surface area contributed by atoms with Gasteiger partial charge in [0.1, 0.15) is 6.61 Å². The van der Waals surface area contributed by atoms with Crippen molar-refractivity contribution >= 4 is 11.0 Å². The van der Waals surface area contributed by atoms with Crippen LogP contribution in [0.3, 0.4) is 0 Å². The molecule has 0 aliphatic heterocycles. The second-order valence-corrected chi connectivity index (χ2v) is 6.03. The molecule has 2 rings (SSSR count). The first-order chi connectivity index (χ1) is 11.9. The van der Waals surface area contributed by atoms with Gasteiger partial charge in [0.15, 0.2) is 11.3 Å². The number of benzene rings is 1. The summed E-state index contributed by atoms with van der Waals surface area (Å²) in [7, 11) is 1.51. The highest BCUT2D eigenvalue weighted by Gasteiger charge is 2.12. The molecule has 5 nitrogen and oxygen atoms in total. The number of rotatable bonds is 8. The van der Waals surface area contributed by atoms with Crippen molar-refractivity contribution in [3.8, 4) is 11.5 Å². The lowest BCUT2D eigenvalue weighted by molar-refractivity contribution is 0.201. The van der Waals surface area contributed by atoms with Crippen LogP contribution in [0, 0.1) is 0 Å². The van der Waals surface area contributed by atoms with E-state index < -0.39 is 11.7 Å². The fourth-order valence-electron chi connectivity index (χ4n) is 2.38. The van der Waals surface area contributed by atoms with Crippen molar-refractivity contribution in [1.82, 2.24) is 0 Å². The summed E-state index contributed by atoms with van der Waals surface area (Å²) >= 11 is 0. The van der Waals surface area contributed by atoms with E-state index in [1.54, 1.807) is 12.1 Å². The fraction of sp³-hybridized carbons (Fsp3) is 0.350. The molecule has 0 spiro atoms. The molecule has 0 aliphatic carbocycles. The van der Waals surface area contributed by atoms with E-state index >= 15 is 0 Å². The van der Waals surface area contributed by atoms with Gasteiger partial charge in [0.25, 0.3) is 0 Å². The highest BCUT2D eigenvalue weighted by Crippen LogP contribution is 2.34. The molecule has 0 saturated heterocycles. The average molecular weight is 344 g/mol. The third-order valence-electron chi connectivity index (χ3n) is 3.96. The Labute approximate surface area is 147 Å². The molecule has 0 fully saturated rings. The van der Waals surface area contributed by atoms with Crippen molar-refractivity contribution in [2.75, 3.05) is 13.7 Å². The van der Waals surface area contributed by atoms with Crippen molar-refractivity contribution < 1.29 is 19.0 Å². The minimum Gasteiger partial charge on any atom is -0.490 e. The Morgan fingerprint density at radius 1 is 1.32 bits per heavy atom. The summed E-state index contributed by atoms with van der Waals surface area (Å²) in [4.78, 5) is 11.4. The maximum absolute atomic E-state index is 11.4. The van der Waals surface area contributed by atoms with Crippen molar-refractivity contribution in [2.45, 2.75) is 32.8 Å². The minimum absolute atomic E-state index is 0.355. The molecule has 0 aliphatic rings. The zero-order valence-electron chi connectivity index (χ0n) is 14.9. The quantitative estimate of drug-likeness (QED) is 0.582. The molecule has 1 heterocycles. The summed E-state index contributed by atoms with van der Waals surface area (Å²) in [6.07, 6.45) is 2.88. The van der Waals surface area contributed by atoms with Crippen LogP contribution in [0.5, 0.6) is 11.5 Å². The highest BCUT2D eigenvalue weighted by molar-refractivity contribution is 5.85. The van der Waals surface area contributed by atoms with Gasteiger partial charge in [0.05, 0.1) is 13.2 Å². The third-order valence-corrected chi connectivity index (χ3v) is 3.96. The van der Waals surface area contributed by atoms with Crippen LogP contribution in [0.1, 0.15) is 26.7 Å². The van der Waals surface area contributed by atoms with Crippen LogP contribution in [0.4, 0.5) is 0 Å². The molecule has 1 aromatic carbocycles. The summed E-state index contributed by atoms with van der Waals surface area (Å²) in [6.45, 7) is 7.91. The fourth-order valence-corrected chi connectivity index (χ4v) is 2.38. The van der Waals surface area contributed by atoms with E-state index in [1.807, 2.05) is 26.0 Å². The Balaban J connectivity index is 2.06. The van der Waals surface area contributed by atoms with Crippen molar-refractivity contribution in [3.05, 3.63) is 58.5 Å². The van der Waals surface area contributed by atoms with E-state index in [0.29, 0.717) is 30.1 Å². The van der Waals surface area contributed by atoms with Gasteiger partial charge >= 0.3 is 5.63 Å². The number of aliphatic hydroxyl groups is 1. The molecule has 1 N–H and O–H groups in total. The second-order valence-electron chi connectivity index (χ2n) is 6.03. The largest absolute Gasteiger partial charge is 0.490 e. The first kappa shape index (κ1) is 18.8. The monoisotopic (exact) mass is 344 g/mol. The standard InChI is InChI=1S/C20H24O5/c1-13(2)16(21)8-5-14(3)11-12-24-17-9-6-15-7-10-18(22)25-19(15)20(17)23-4/h6-7,9-11,16,21H,1,5,8,12H2,2-4H3/b14-11+/t16-/m0/s1. The first-order valence-corrected chi connectivity index (χ1v) is 8.15. The van der Waals surface area contributed by atoms with E-state index in [-0.39, 0.29) is 0 Å². The van der Waals surface area contributed by atoms with Gasteiger partial charge in [-0.2, -0.15) is 0 Å². The van der Waals surface area contributed by atoms with Crippen LogP contribution in [-0.2, 0) is 0 Å². The van der Waals surface area contributed by atoms with Gasteiger partial charge in [-0.15, -0.1) is 0 Å². The molecule has 2 aromatic rings. The molecule has 25 heavy (non-hydrogen) atoms. The lowest BCUT2D eigenvalue weighted by atomic mass is 10.0. The lowest BCUT2D eigenvalue weighted by Crippen LogP contribution is -2.07. The Hall–Kier alpha value is -2.53. The number of fused-ring (bicyclic) bond motifs is 1. The van der Waals surface area contributed by atoms with Crippen LogP contribution < -0.4 is 15.1 Å². The molecule has 0 radical (unpaired) electrons. The Kier molecular flexibility index (Phi) is 6.42. The number of allylic oxidation sites excluding steroid dienone is 1. The van der Waals surface area contributed by atoms with Gasteiger partial charge in [-0.3, -0.25) is 0 Å². The highest BCUT2D eigenvalue weighted by atomic mass is 16.5. The molecule has 0 unspecified atom stereocenters. The van der Waals surface area contributed by atoms with Crippen LogP contribution >= 0.6 is 0 Å². The zero-order valence-corrected chi connectivity index (χ0v) is 14.9. The Bertz CT molecular complexity index is 832. The van der Waals surface area contributed by atoms with Crippen LogP contribution in [0.15, 0.2) is 57.3 Å². The molecule has 1 aromatic heterocycles. The summed E-state index contributed by atoms with van der Waals surface area (Å²) in [5.74, 6) is 0.911. The van der Waals surface area contributed by atoms with E-state index in [9.17, 15) is 9.90 Å². The molecular weight excluding hydrogens is 320 g/mol. The summed E-state index contributed by atoms with van der Waals surface area (Å²) < 4.78 is 16.3. The number of hydrogen-bond acceptors (Lipinski definition) is 5. The normalized spacial score (nSPS) is 12.9. The van der Waals surface area contributed by atoms with E-state index in [1.165, 1.54) is 13.2 Å². The van der Waals surface area contributed by atoms with E-state index in [0.717, 1.165) is 23.0 Å². The number of ether oxygens (including phenoxy) is 2. The zero-order chi connectivity index (χ0) is 18.4. The second kappa shape index (κ2) is 8.53. The molecular formula is C20H24O5. The number of methoxy groups -OCH3 is 1. The Morgan fingerprint density at radius 2 is 2.04 bits per heavy atom. The topological polar surface area (TPSA) is 68.9 Å². The molecule has 0 bridgehead atoms. The molecule has 134 valence electrons. The Morgan fingerprint density at radius 3 is 2.72 bits per heavy atom.